The number of ketones is 1. The number of carboxylic acids is 1. The third kappa shape index (κ3) is 9.63. The van der Waals surface area contributed by atoms with Crippen molar-refractivity contribution in [3.05, 3.63) is 89.0 Å². The van der Waals surface area contributed by atoms with Crippen LogP contribution in [0.1, 0.15) is 91.4 Å². The van der Waals surface area contributed by atoms with Gasteiger partial charge in [0.25, 0.3) is 0 Å². The van der Waals surface area contributed by atoms with Crippen LogP contribution in [0.3, 0.4) is 0 Å². The van der Waals surface area contributed by atoms with Crippen molar-refractivity contribution in [1.29, 1.82) is 0 Å². The average molecular weight is 595 g/mol. The Morgan fingerprint density at radius 3 is 1.86 bits per heavy atom. The molecule has 0 aliphatic rings. The minimum Gasteiger partial charge on any atom is -0.486 e. The predicted octanol–water partition coefficient (Wildman–Crippen LogP) is 9.92. The Morgan fingerprint density at radius 1 is 0.738 bits per heavy atom. The average Bonchev–Trinajstić information content (AvgIpc) is 2.93. The minimum atomic E-state index is -4.94. The number of Topliss-reactive ketones (excluding diaryl/α,β-unsaturated/α-hetero) is 1. The Balaban J connectivity index is 1.81. The number of unbranched alkanes of at least 4 members (excludes halogenated alkanes) is 3. The number of halogens is 6. The van der Waals surface area contributed by atoms with Gasteiger partial charge in [-0.15, -0.1) is 0 Å². The van der Waals surface area contributed by atoms with E-state index in [1.54, 1.807) is 24.3 Å². The van der Waals surface area contributed by atoms with Gasteiger partial charge in [-0.1, -0.05) is 62.6 Å². The van der Waals surface area contributed by atoms with Gasteiger partial charge >= 0.3 is 18.3 Å². The van der Waals surface area contributed by atoms with E-state index in [4.69, 9.17) is 9.84 Å². The van der Waals surface area contributed by atoms with Crippen LogP contribution in [0, 0.1) is 0 Å². The zero-order chi connectivity index (χ0) is 30.9. The fourth-order valence-electron chi connectivity index (χ4n) is 4.49. The molecule has 3 aromatic rings. The van der Waals surface area contributed by atoms with Crippen molar-refractivity contribution in [3.63, 3.8) is 0 Å². The van der Waals surface area contributed by atoms with Gasteiger partial charge in [0.1, 0.15) is 11.9 Å². The highest BCUT2D eigenvalue weighted by atomic mass is 19.4. The first-order valence-corrected chi connectivity index (χ1v) is 13.7. The normalized spacial score (nSPS) is 12.6. The number of benzene rings is 3. The lowest BCUT2D eigenvalue weighted by Gasteiger charge is -2.20. The molecule has 0 saturated heterocycles. The van der Waals surface area contributed by atoms with Crippen molar-refractivity contribution >= 4 is 11.8 Å². The molecule has 0 bridgehead atoms. The van der Waals surface area contributed by atoms with E-state index in [0.29, 0.717) is 29.9 Å². The maximum absolute atomic E-state index is 13.3. The molecule has 1 unspecified atom stereocenters. The van der Waals surface area contributed by atoms with Crippen LogP contribution in [0.15, 0.2) is 66.7 Å². The van der Waals surface area contributed by atoms with Gasteiger partial charge in [0, 0.05) is 18.4 Å². The number of carboxylic acid groups (broad SMARTS) is 1. The molecule has 0 aliphatic carbocycles. The first kappa shape index (κ1) is 32.7. The zero-order valence-corrected chi connectivity index (χ0v) is 23.0. The number of alkyl halides is 6. The summed E-state index contributed by atoms with van der Waals surface area (Å²) < 4.78 is 86.0. The van der Waals surface area contributed by atoms with Gasteiger partial charge in [-0.05, 0) is 66.3 Å². The van der Waals surface area contributed by atoms with Gasteiger partial charge in [-0.3, -0.25) is 9.59 Å². The van der Waals surface area contributed by atoms with Crippen LogP contribution in [0.25, 0.3) is 11.1 Å². The van der Waals surface area contributed by atoms with Crippen LogP contribution in [0.4, 0.5) is 26.3 Å². The van der Waals surface area contributed by atoms with Gasteiger partial charge in [-0.25, -0.2) is 0 Å². The maximum atomic E-state index is 13.3. The van der Waals surface area contributed by atoms with E-state index in [-0.39, 0.29) is 42.2 Å². The molecular weight excluding hydrogens is 562 g/mol. The van der Waals surface area contributed by atoms with Gasteiger partial charge < -0.3 is 9.84 Å². The summed E-state index contributed by atoms with van der Waals surface area (Å²) in [5, 5.41) is 8.77. The Kier molecular flexibility index (Phi) is 11.2. The summed E-state index contributed by atoms with van der Waals surface area (Å²) >= 11 is 0. The fourth-order valence-corrected chi connectivity index (χ4v) is 4.49. The highest BCUT2D eigenvalue weighted by Gasteiger charge is 2.37. The van der Waals surface area contributed by atoms with Crippen LogP contribution in [-0.4, -0.2) is 16.9 Å². The van der Waals surface area contributed by atoms with E-state index in [2.05, 4.69) is 6.92 Å². The van der Waals surface area contributed by atoms with E-state index in [0.717, 1.165) is 31.2 Å². The Labute approximate surface area is 240 Å². The summed E-state index contributed by atoms with van der Waals surface area (Å²) in [5.41, 5.74) is -1.57. The number of ether oxygens (including phenoxy) is 1. The van der Waals surface area contributed by atoms with Crippen molar-refractivity contribution in [2.24, 2.45) is 0 Å². The number of hydrogen-bond donors (Lipinski definition) is 1. The van der Waals surface area contributed by atoms with E-state index in [9.17, 15) is 35.9 Å². The smallest absolute Gasteiger partial charge is 0.416 e. The van der Waals surface area contributed by atoms with Gasteiger partial charge in [0.05, 0.1) is 11.1 Å². The first-order chi connectivity index (χ1) is 19.8. The number of carbonyl (C=O) groups is 2. The summed E-state index contributed by atoms with van der Waals surface area (Å²) in [6.45, 7) is 2.09. The molecular formula is C32H32F6O4. The fraction of sp³-hybridized carbons (Fsp3) is 0.375. The van der Waals surface area contributed by atoms with Crippen molar-refractivity contribution in [2.45, 2.75) is 76.7 Å². The summed E-state index contributed by atoms with van der Waals surface area (Å²) in [6, 6.07) is 14.2. The second-order valence-electron chi connectivity index (χ2n) is 10.1. The lowest BCUT2D eigenvalue weighted by Crippen LogP contribution is -2.11. The van der Waals surface area contributed by atoms with Crippen molar-refractivity contribution in [3.8, 4) is 16.9 Å². The molecule has 0 spiro atoms. The molecule has 3 aromatic carbocycles. The zero-order valence-electron chi connectivity index (χ0n) is 23.0. The van der Waals surface area contributed by atoms with Crippen LogP contribution < -0.4 is 4.74 Å². The Morgan fingerprint density at radius 2 is 1.33 bits per heavy atom. The quantitative estimate of drug-likeness (QED) is 0.115. The molecule has 0 amide bonds. The molecule has 1 atom stereocenters. The van der Waals surface area contributed by atoms with E-state index in [1.165, 1.54) is 24.3 Å². The van der Waals surface area contributed by atoms with Gasteiger partial charge in [-0.2, -0.15) is 26.3 Å². The molecule has 3 rings (SSSR count). The minimum absolute atomic E-state index is 0.0897. The summed E-state index contributed by atoms with van der Waals surface area (Å²) in [6.07, 6.45) is -5.45. The van der Waals surface area contributed by atoms with Gasteiger partial charge in [0.2, 0.25) is 0 Å². The Bertz CT molecular complexity index is 1300. The summed E-state index contributed by atoms with van der Waals surface area (Å²) in [5.74, 6) is -0.742. The number of rotatable bonds is 14. The third-order valence-corrected chi connectivity index (χ3v) is 6.77. The van der Waals surface area contributed by atoms with Crippen LogP contribution in [-0.2, 0) is 17.1 Å². The Hall–Kier alpha value is -3.82. The monoisotopic (exact) mass is 594 g/mol. The predicted molar refractivity (Wildman–Crippen MR) is 146 cm³/mol. The highest BCUT2D eigenvalue weighted by Crippen LogP contribution is 2.39. The maximum Gasteiger partial charge on any atom is 0.416 e. The SMILES string of the molecule is CCCCCCC(Oc1ccc(-c2cc(C(F)(F)F)cc(C(F)(F)F)c2)cc1)c1ccc(C(=O)CCCC(=O)O)cc1. The first-order valence-electron chi connectivity index (χ1n) is 13.7. The number of aliphatic carboxylic acids is 1. The highest BCUT2D eigenvalue weighted by molar-refractivity contribution is 5.96. The molecule has 0 saturated carbocycles. The standard InChI is InChI=1S/C32H32F6O4/c1-2-3-4-5-8-29(23-12-10-22(11-13-23)28(39)7-6-9-30(40)41)42-27-16-14-21(15-17-27)24-18-25(31(33,34)35)20-26(19-24)32(36,37)38/h10-20,29H,2-9H2,1H3,(H,40,41). The molecule has 4 nitrogen and oxygen atoms in total. The van der Waals surface area contributed by atoms with Crippen LogP contribution in [0.5, 0.6) is 5.75 Å². The second-order valence-corrected chi connectivity index (χ2v) is 10.1. The molecule has 0 heterocycles. The summed E-state index contributed by atoms with van der Waals surface area (Å²) in [7, 11) is 0. The molecule has 10 heteroatoms. The van der Waals surface area contributed by atoms with Crippen LogP contribution in [0.2, 0.25) is 0 Å². The third-order valence-electron chi connectivity index (χ3n) is 6.77. The lowest BCUT2D eigenvalue weighted by atomic mass is 9.98. The molecule has 42 heavy (non-hydrogen) atoms. The number of hydrogen-bond acceptors (Lipinski definition) is 3. The second kappa shape index (κ2) is 14.4. The van der Waals surface area contributed by atoms with E-state index in [1.807, 2.05) is 0 Å². The van der Waals surface area contributed by atoms with E-state index < -0.39 is 35.6 Å². The summed E-state index contributed by atoms with van der Waals surface area (Å²) in [4.78, 5) is 23.1. The van der Waals surface area contributed by atoms with Crippen LogP contribution >= 0.6 is 0 Å². The number of carbonyl (C=O) groups excluding carboxylic acids is 1. The molecule has 0 aliphatic heterocycles. The van der Waals surface area contributed by atoms with Gasteiger partial charge in [0.15, 0.2) is 5.78 Å². The molecule has 226 valence electrons. The largest absolute Gasteiger partial charge is 0.486 e. The lowest BCUT2D eigenvalue weighted by molar-refractivity contribution is -0.143. The molecule has 0 fully saturated rings. The molecule has 0 aromatic heterocycles. The van der Waals surface area contributed by atoms with E-state index >= 15 is 0 Å². The molecule has 0 radical (unpaired) electrons. The van der Waals surface area contributed by atoms with Crippen molar-refractivity contribution in [2.75, 3.05) is 0 Å². The topological polar surface area (TPSA) is 63.6 Å². The molecule has 1 N–H and O–H groups in total. The van der Waals surface area contributed by atoms with Crippen molar-refractivity contribution in [1.82, 2.24) is 0 Å². The van der Waals surface area contributed by atoms with Crippen molar-refractivity contribution < 1.29 is 45.8 Å².